The number of nitrogens with zero attached hydrogens (tertiary/aromatic N) is 2. The van der Waals surface area contributed by atoms with E-state index in [4.69, 9.17) is 16.3 Å². The van der Waals surface area contributed by atoms with Gasteiger partial charge in [-0.25, -0.2) is 13.1 Å². The lowest BCUT2D eigenvalue weighted by Crippen LogP contribution is -2.25. The van der Waals surface area contributed by atoms with E-state index in [1.165, 1.54) is 0 Å². The molecule has 0 atom stereocenters. The van der Waals surface area contributed by atoms with Gasteiger partial charge in [0.05, 0.1) is 6.61 Å². The van der Waals surface area contributed by atoms with Crippen LogP contribution >= 0.6 is 22.9 Å². The van der Waals surface area contributed by atoms with Crippen molar-refractivity contribution < 1.29 is 17.9 Å². The normalized spacial score (nSPS) is 11.3. The number of ether oxygens (including phenoxy) is 1. The third-order valence-electron chi connectivity index (χ3n) is 4.15. The predicted octanol–water partition coefficient (Wildman–Crippen LogP) is 3.75. The molecule has 8 nitrogen and oxygen atoms in total. The summed E-state index contributed by atoms with van der Waals surface area (Å²) >= 11 is 6.59. The van der Waals surface area contributed by atoms with E-state index in [0.29, 0.717) is 30.0 Å². The van der Waals surface area contributed by atoms with Gasteiger partial charge in [-0.3, -0.25) is 10.1 Å². The van der Waals surface area contributed by atoms with E-state index in [0.717, 1.165) is 22.6 Å². The second-order valence-electron chi connectivity index (χ2n) is 6.38. The van der Waals surface area contributed by atoms with Crippen molar-refractivity contribution in [3.63, 3.8) is 0 Å². The van der Waals surface area contributed by atoms with Gasteiger partial charge in [0.2, 0.25) is 9.47 Å². The number of para-hydroxylation sites is 1. The second kappa shape index (κ2) is 10.7. The number of hydrogen-bond donors (Lipinski definition) is 2. The number of amides is 1. The maximum absolute atomic E-state index is 12.5. The van der Waals surface area contributed by atoms with Crippen LogP contribution in [0.1, 0.15) is 29.3 Å². The molecular weight excluding hydrogens is 460 g/mol. The van der Waals surface area contributed by atoms with Crippen LogP contribution in [0.25, 0.3) is 0 Å². The second-order valence-corrected chi connectivity index (χ2v) is 9.73. The Morgan fingerprint density at radius 2 is 1.87 bits per heavy atom. The average molecular weight is 481 g/mol. The Balaban J connectivity index is 1.54. The summed E-state index contributed by atoms with van der Waals surface area (Å²) in [4.78, 5) is 12.2. The quantitative estimate of drug-likeness (QED) is 0.337. The fourth-order valence-corrected chi connectivity index (χ4v) is 4.83. The Morgan fingerprint density at radius 3 is 2.61 bits per heavy atom. The van der Waals surface area contributed by atoms with Crippen LogP contribution in [0.5, 0.6) is 5.75 Å². The van der Waals surface area contributed by atoms with Gasteiger partial charge in [0.15, 0.2) is 0 Å². The summed E-state index contributed by atoms with van der Waals surface area (Å²) in [5.74, 6) is 0.371. The standard InChI is InChI=1S/C20H21ClN4O4S2/c1-2-29-17-8-4-3-6-14(17)7-5-13-22-31(27,28)20-25-24-19(30-20)23-18(26)15-9-11-16(21)12-10-15/h3-4,6,8-12,22H,2,5,7,13H2,1H3,(H,23,24,26). The minimum atomic E-state index is -3.83. The molecule has 0 aliphatic heterocycles. The lowest BCUT2D eigenvalue weighted by atomic mass is 10.1. The Bertz CT molecular complexity index is 1130. The molecule has 1 aromatic heterocycles. The molecule has 2 aromatic carbocycles. The summed E-state index contributed by atoms with van der Waals surface area (Å²) in [5, 5.41) is 10.6. The molecule has 0 saturated heterocycles. The van der Waals surface area contributed by atoms with Gasteiger partial charge in [-0.2, -0.15) is 0 Å². The van der Waals surface area contributed by atoms with Crippen molar-refractivity contribution in [3.8, 4) is 5.75 Å². The molecule has 0 spiro atoms. The van der Waals surface area contributed by atoms with E-state index in [2.05, 4.69) is 20.2 Å². The highest BCUT2D eigenvalue weighted by Crippen LogP contribution is 2.22. The Kier molecular flexibility index (Phi) is 7.97. The van der Waals surface area contributed by atoms with Crippen molar-refractivity contribution in [2.24, 2.45) is 0 Å². The third kappa shape index (κ3) is 6.47. The summed E-state index contributed by atoms with van der Waals surface area (Å²) in [6.07, 6.45) is 1.25. The van der Waals surface area contributed by atoms with Crippen LogP contribution in [0, 0.1) is 0 Å². The summed E-state index contributed by atoms with van der Waals surface area (Å²) in [6.45, 7) is 2.71. The van der Waals surface area contributed by atoms with E-state index in [1.54, 1.807) is 24.3 Å². The summed E-state index contributed by atoms with van der Waals surface area (Å²) in [6, 6.07) is 14.0. The number of carbonyl (C=O) groups is 1. The van der Waals surface area contributed by atoms with Crippen LogP contribution in [-0.4, -0.2) is 37.7 Å². The molecule has 0 unspecified atom stereocenters. The van der Waals surface area contributed by atoms with Crippen LogP contribution in [0.2, 0.25) is 5.02 Å². The van der Waals surface area contributed by atoms with Gasteiger partial charge in [0, 0.05) is 17.1 Å². The van der Waals surface area contributed by atoms with Gasteiger partial charge in [0.25, 0.3) is 15.9 Å². The molecule has 0 fully saturated rings. The molecule has 3 aromatic rings. The number of anilines is 1. The van der Waals surface area contributed by atoms with E-state index < -0.39 is 15.9 Å². The molecule has 11 heteroatoms. The van der Waals surface area contributed by atoms with E-state index >= 15 is 0 Å². The highest BCUT2D eigenvalue weighted by molar-refractivity contribution is 7.91. The minimum Gasteiger partial charge on any atom is -0.494 e. The Morgan fingerprint density at radius 1 is 1.13 bits per heavy atom. The van der Waals surface area contributed by atoms with Gasteiger partial charge in [0.1, 0.15) is 5.75 Å². The molecule has 0 saturated carbocycles. The number of carbonyl (C=O) groups excluding carboxylic acids is 1. The van der Waals surface area contributed by atoms with Crippen molar-refractivity contribution in [3.05, 3.63) is 64.7 Å². The van der Waals surface area contributed by atoms with Crippen LogP contribution in [0.15, 0.2) is 52.9 Å². The predicted molar refractivity (Wildman–Crippen MR) is 120 cm³/mol. The number of aryl methyl sites for hydroxylation is 1. The van der Waals surface area contributed by atoms with E-state index in [1.807, 2.05) is 31.2 Å². The number of benzene rings is 2. The number of halogens is 1. The molecule has 0 radical (unpaired) electrons. The molecule has 3 rings (SSSR count). The SMILES string of the molecule is CCOc1ccccc1CCCNS(=O)(=O)c1nnc(NC(=O)c2ccc(Cl)cc2)s1. The first-order chi connectivity index (χ1) is 14.9. The summed E-state index contributed by atoms with van der Waals surface area (Å²) in [5.41, 5.74) is 1.39. The number of aromatic nitrogens is 2. The average Bonchev–Trinajstić information content (AvgIpc) is 3.22. The minimum absolute atomic E-state index is 0.0889. The fraction of sp³-hybridized carbons (Fsp3) is 0.250. The van der Waals surface area contributed by atoms with Crippen molar-refractivity contribution in [2.45, 2.75) is 24.1 Å². The van der Waals surface area contributed by atoms with Gasteiger partial charge in [-0.1, -0.05) is 41.1 Å². The largest absolute Gasteiger partial charge is 0.494 e. The first-order valence-corrected chi connectivity index (χ1v) is 12.2. The molecule has 2 N–H and O–H groups in total. The van der Waals surface area contributed by atoms with Crippen molar-refractivity contribution in [2.75, 3.05) is 18.5 Å². The smallest absolute Gasteiger partial charge is 0.269 e. The fourth-order valence-electron chi connectivity index (χ4n) is 2.69. The molecular formula is C20H21ClN4O4S2. The molecule has 31 heavy (non-hydrogen) atoms. The maximum Gasteiger partial charge on any atom is 0.269 e. The first kappa shape index (κ1) is 23.1. The molecule has 164 valence electrons. The van der Waals surface area contributed by atoms with Crippen LogP contribution < -0.4 is 14.8 Å². The van der Waals surface area contributed by atoms with Crippen LogP contribution in [-0.2, 0) is 16.4 Å². The number of rotatable bonds is 10. The Hall–Kier alpha value is -2.53. The van der Waals surface area contributed by atoms with Crippen LogP contribution in [0.3, 0.4) is 0 Å². The number of sulfonamides is 1. The summed E-state index contributed by atoms with van der Waals surface area (Å²) in [7, 11) is -3.83. The third-order valence-corrected chi connectivity index (χ3v) is 7.07. The summed E-state index contributed by atoms with van der Waals surface area (Å²) < 4.78 is 32.8. The number of hydrogen-bond acceptors (Lipinski definition) is 7. The zero-order valence-electron chi connectivity index (χ0n) is 16.7. The highest BCUT2D eigenvalue weighted by Gasteiger charge is 2.20. The van der Waals surface area contributed by atoms with E-state index in [9.17, 15) is 13.2 Å². The zero-order chi connectivity index (χ0) is 22.3. The van der Waals surface area contributed by atoms with Gasteiger partial charge < -0.3 is 4.74 Å². The number of nitrogens with one attached hydrogen (secondary N) is 2. The molecule has 0 bridgehead atoms. The van der Waals surface area contributed by atoms with Crippen molar-refractivity contribution >= 4 is 44.0 Å². The van der Waals surface area contributed by atoms with Gasteiger partial charge in [-0.05, 0) is 55.7 Å². The molecule has 1 heterocycles. The topological polar surface area (TPSA) is 110 Å². The Labute approximate surface area is 189 Å². The molecule has 0 aliphatic carbocycles. The zero-order valence-corrected chi connectivity index (χ0v) is 19.1. The van der Waals surface area contributed by atoms with E-state index in [-0.39, 0.29) is 16.0 Å². The van der Waals surface area contributed by atoms with Crippen molar-refractivity contribution in [1.82, 2.24) is 14.9 Å². The van der Waals surface area contributed by atoms with Gasteiger partial charge >= 0.3 is 0 Å². The van der Waals surface area contributed by atoms with Gasteiger partial charge in [-0.15, -0.1) is 10.2 Å². The van der Waals surface area contributed by atoms with Crippen LogP contribution in [0.4, 0.5) is 5.13 Å². The molecule has 0 aliphatic rings. The first-order valence-electron chi connectivity index (χ1n) is 9.50. The monoisotopic (exact) mass is 480 g/mol. The molecule has 1 amide bonds. The van der Waals surface area contributed by atoms with Crippen molar-refractivity contribution in [1.29, 1.82) is 0 Å². The lowest BCUT2D eigenvalue weighted by Gasteiger charge is -2.10. The maximum atomic E-state index is 12.5. The highest BCUT2D eigenvalue weighted by atomic mass is 35.5. The lowest BCUT2D eigenvalue weighted by molar-refractivity contribution is 0.102.